The van der Waals surface area contributed by atoms with Crippen molar-refractivity contribution in [2.24, 2.45) is 0 Å². The molecule has 0 aliphatic heterocycles. The van der Waals surface area contributed by atoms with Crippen LogP contribution in [-0.4, -0.2) is 23.2 Å². The molecule has 1 atom stereocenters. The van der Waals surface area contributed by atoms with Crippen LogP contribution in [0.2, 0.25) is 0 Å². The number of hydrogen-bond donors (Lipinski definition) is 1. The van der Waals surface area contributed by atoms with Crippen LogP contribution in [-0.2, 0) is 11.2 Å². The van der Waals surface area contributed by atoms with Crippen LogP contribution in [0, 0.1) is 6.92 Å². The molecule has 1 N–H and O–H groups in total. The molecule has 0 radical (unpaired) electrons. The highest BCUT2D eigenvalue weighted by atomic mass is 16.5. The van der Waals surface area contributed by atoms with Crippen molar-refractivity contribution in [3.05, 3.63) is 65.7 Å². The molecule has 0 saturated carbocycles. The molecule has 4 rings (SSSR count). The minimum Gasteiger partial charge on any atom is -0.493 e. The number of rotatable bonds is 7. The number of ether oxygens (including phenoxy) is 1. The fourth-order valence-electron chi connectivity index (χ4n) is 3.20. The number of carbonyl (C=O) groups is 1. The summed E-state index contributed by atoms with van der Waals surface area (Å²) < 4.78 is 16.9. The van der Waals surface area contributed by atoms with Crippen LogP contribution >= 0.6 is 0 Å². The summed E-state index contributed by atoms with van der Waals surface area (Å²) in [6.07, 6.45) is 0.606. The Morgan fingerprint density at radius 3 is 2.70 bits per heavy atom. The zero-order valence-corrected chi connectivity index (χ0v) is 17.1. The number of hydrogen-bond acceptors (Lipinski definition) is 6. The average Bonchev–Trinajstić information content (AvgIpc) is 3.40. The van der Waals surface area contributed by atoms with E-state index in [9.17, 15) is 4.79 Å². The second kappa shape index (κ2) is 8.41. The van der Waals surface area contributed by atoms with Gasteiger partial charge in [0.1, 0.15) is 5.76 Å². The van der Waals surface area contributed by atoms with Gasteiger partial charge in [0.15, 0.2) is 11.3 Å². The van der Waals surface area contributed by atoms with E-state index < -0.39 is 0 Å². The first kappa shape index (κ1) is 19.7. The van der Waals surface area contributed by atoms with Crippen molar-refractivity contribution >= 4 is 16.9 Å². The number of methoxy groups -OCH3 is 1. The lowest BCUT2D eigenvalue weighted by Gasteiger charge is -2.10. The lowest BCUT2D eigenvalue weighted by molar-refractivity contribution is -0.121. The summed E-state index contributed by atoms with van der Waals surface area (Å²) in [5, 5.41) is 12.0. The normalized spacial score (nSPS) is 12.1. The molecule has 0 aliphatic rings. The fraction of sp³-hybridized carbons (Fsp3) is 0.261. The third kappa shape index (κ3) is 4.20. The lowest BCUT2D eigenvalue weighted by atomic mass is 10.1. The molecule has 30 heavy (non-hydrogen) atoms. The minimum atomic E-state index is -0.277. The number of fused-ring (bicyclic) bond motifs is 1. The Labute approximate surface area is 174 Å². The number of aromatic nitrogens is 2. The predicted octanol–water partition coefficient (Wildman–Crippen LogP) is 4.61. The standard InChI is InChI=1S/C23H23N3O4/c1-14-7-9-16(10-8-14)23-26-25-21(30-23)12-11-20(27)24-15(2)19-13-17-5-4-6-18(28-3)22(17)29-19/h4-10,13,15H,11-12H2,1-3H3,(H,24,27). The first-order chi connectivity index (χ1) is 14.5. The second-order valence-corrected chi connectivity index (χ2v) is 7.18. The molecule has 7 heteroatoms. The monoisotopic (exact) mass is 405 g/mol. The van der Waals surface area contributed by atoms with E-state index in [0.29, 0.717) is 35.3 Å². The van der Waals surface area contributed by atoms with Gasteiger partial charge in [0.25, 0.3) is 0 Å². The SMILES string of the molecule is COc1cccc2cc(C(C)NC(=O)CCc3nnc(-c4ccc(C)cc4)o3)oc12. The predicted molar refractivity (Wildman–Crippen MR) is 112 cm³/mol. The Balaban J connectivity index is 1.35. The van der Waals surface area contributed by atoms with E-state index in [1.807, 2.05) is 62.4 Å². The molecular formula is C23H23N3O4. The Morgan fingerprint density at radius 2 is 1.93 bits per heavy atom. The zero-order valence-electron chi connectivity index (χ0n) is 17.1. The first-order valence-corrected chi connectivity index (χ1v) is 9.78. The van der Waals surface area contributed by atoms with Gasteiger partial charge in [-0.3, -0.25) is 4.79 Å². The van der Waals surface area contributed by atoms with Crippen LogP contribution in [0.5, 0.6) is 5.75 Å². The largest absolute Gasteiger partial charge is 0.493 e. The van der Waals surface area contributed by atoms with E-state index in [2.05, 4.69) is 15.5 Å². The fourth-order valence-corrected chi connectivity index (χ4v) is 3.20. The van der Waals surface area contributed by atoms with Crippen molar-refractivity contribution in [2.45, 2.75) is 32.7 Å². The maximum absolute atomic E-state index is 12.4. The highest BCUT2D eigenvalue weighted by Gasteiger charge is 2.17. The molecule has 0 saturated heterocycles. The Morgan fingerprint density at radius 1 is 1.13 bits per heavy atom. The molecule has 0 fully saturated rings. The Bertz CT molecular complexity index is 1160. The summed E-state index contributed by atoms with van der Waals surface area (Å²) in [4.78, 5) is 12.4. The summed E-state index contributed by atoms with van der Waals surface area (Å²) in [5.74, 6) is 2.10. The molecule has 154 valence electrons. The average molecular weight is 405 g/mol. The second-order valence-electron chi connectivity index (χ2n) is 7.18. The quantitative estimate of drug-likeness (QED) is 0.483. The van der Waals surface area contributed by atoms with E-state index in [0.717, 1.165) is 16.5 Å². The van der Waals surface area contributed by atoms with Gasteiger partial charge in [0.05, 0.1) is 13.2 Å². The third-order valence-corrected chi connectivity index (χ3v) is 4.88. The van der Waals surface area contributed by atoms with Gasteiger partial charge in [-0.25, -0.2) is 0 Å². The van der Waals surface area contributed by atoms with Crippen molar-refractivity contribution in [1.82, 2.24) is 15.5 Å². The summed E-state index contributed by atoms with van der Waals surface area (Å²) in [6.45, 7) is 3.90. The van der Waals surface area contributed by atoms with Gasteiger partial charge in [-0.2, -0.15) is 0 Å². The highest BCUT2D eigenvalue weighted by Crippen LogP contribution is 2.30. The van der Waals surface area contributed by atoms with E-state index >= 15 is 0 Å². The summed E-state index contributed by atoms with van der Waals surface area (Å²) in [7, 11) is 1.60. The Hall–Kier alpha value is -3.61. The number of furan rings is 1. The molecule has 2 aromatic carbocycles. The number of benzene rings is 2. The lowest BCUT2D eigenvalue weighted by Crippen LogP contribution is -2.26. The van der Waals surface area contributed by atoms with Crippen LogP contribution < -0.4 is 10.1 Å². The van der Waals surface area contributed by atoms with Gasteiger partial charge in [-0.1, -0.05) is 29.8 Å². The maximum atomic E-state index is 12.4. The van der Waals surface area contributed by atoms with E-state index in [1.54, 1.807) is 7.11 Å². The molecule has 2 aromatic heterocycles. The number of nitrogens with zero attached hydrogens (tertiary/aromatic N) is 2. The van der Waals surface area contributed by atoms with Crippen molar-refractivity contribution in [1.29, 1.82) is 0 Å². The van der Waals surface area contributed by atoms with E-state index in [-0.39, 0.29) is 18.4 Å². The smallest absolute Gasteiger partial charge is 0.247 e. The molecular weight excluding hydrogens is 382 g/mol. The molecule has 0 spiro atoms. The maximum Gasteiger partial charge on any atom is 0.247 e. The number of carbonyl (C=O) groups excluding carboxylic acids is 1. The summed E-state index contributed by atoms with van der Waals surface area (Å²) >= 11 is 0. The number of amides is 1. The Kier molecular flexibility index (Phi) is 5.52. The number of aryl methyl sites for hydroxylation is 2. The van der Waals surface area contributed by atoms with Gasteiger partial charge >= 0.3 is 0 Å². The van der Waals surface area contributed by atoms with E-state index in [4.69, 9.17) is 13.6 Å². The van der Waals surface area contributed by atoms with E-state index in [1.165, 1.54) is 0 Å². The molecule has 0 aliphatic carbocycles. The van der Waals surface area contributed by atoms with Gasteiger partial charge in [-0.05, 0) is 38.1 Å². The molecule has 0 bridgehead atoms. The molecule has 1 unspecified atom stereocenters. The third-order valence-electron chi connectivity index (χ3n) is 4.88. The van der Waals surface area contributed by atoms with Gasteiger partial charge < -0.3 is 18.9 Å². The van der Waals surface area contributed by atoms with Gasteiger partial charge in [0.2, 0.25) is 17.7 Å². The van der Waals surface area contributed by atoms with Crippen LogP contribution in [0.4, 0.5) is 0 Å². The van der Waals surface area contributed by atoms with Crippen molar-refractivity contribution in [3.63, 3.8) is 0 Å². The molecule has 2 heterocycles. The van der Waals surface area contributed by atoms with Crippen LogP contribution in [0.25, 0.3) is 22.4 Å². The summed E-state index contributed by atoms with van der Waals surface area (Å²) in [5.41, 5.74) is 2.69. The molecule has 7 nitrogen and oxygen atoms in total. The van der Waals surface area contributed by atoms with Crippen LogP contribution in [0.3, 0.4) is 0 Å². The number of nitrogens with one attached hydrogen (secondary N) is 1. The summed E-state index contributed by atoms with van der Waals surface area (Å²) in [6, 6.07) is 15.2. The highest BCUT2D eigenvalue weighted by molar-refractivity contribution is 5.84. The zero-order chi connectivity index (χ0) is 21.1. The van der Waals surface area contributed by atoms with Crippen molar-refractivity contribution < 1.29 is 18.4 Å². The topological polar surface area (TPSA) is 90.4 Å². The van der Waals surface area contributed by atoms with Gasteiger partial charge in [0, 0.05) is 23.8 Å². The molecule has 4 aromatic rings. The van der Waals surface area contributed by atoms with Crippen LogP contribution in [0.15, 0.2) is 57.4 Å². The van der Waals surface area contributed by atoms with Crippen LogP contribution in [0.1, 0.15) is 36.6 Å². The minimum absolute atomic E-state index is 0.120. The van der Waals surface area contributed by atoms with Crippen molar-refractivity contribution in [2.75, 3.05) is 7.11 Å². The van der Waals surface area contributed by atoms with Gasteiger partial charge in [-0.15, -0.1) is 10.2 Å². The number of para-hydroxylation sites is 1. The first-order valence-electron chi connectivity index (χ1n) is 9.78. The molecule has 1 amide bonds. The van der Waals surface area contributed by atoms with Crippen molar-refractivity contribution in [3.8, 4) is 17.2 Å².